The molecule has 20 heavy (non-hydrogen) atoms. The molecule has 0 spiro atoms. The van der Waals surface area contributed by atoms with E-state index in [0.717, 1.165) is 11.4 Å². The number of rotatable bonds is 4. The van der Waals surface area contributed by atoms with Gasteiger partial charge in [0.1, 0.15) is 5.75 Å². The standard InChI is InChI=1S/C14H18N2O4/c1-9(14(18)19-3)7-15-10-4-5-12-11(6-10)16(2)13(17)8-20-12/h4-6,9,15H,7-8H2,1-3H3. The Morgan fingerprint density at radius 3 is 3.00 bits per heavy atom. The molecular weight excluding hydrogens is 260 g/mol. The molecule has 2 rings (SSSR count). The van der Waals surface area contributed by atoms with Gasteiger partial charge in [-0.25, -0.2) is 0 Å². The van der Waals surface area contributed by atoms with E-state index in [1.807, 2.05) is 18.2 Å². The van der Waals surface area contributed by atoms with Gasteiger partial charge in [0.15, 0.2) is 6.61 Å². The average molecular weight is 278 g/mol. The van der Waals surface area contributed by atoms with Crippen LogP contribution in [-0.4, -0.2) is 39.2 Å². The second-order valence-electron chi connectivity index (χ2n) is 4.73. The van der Waals surface area contributed by atoms with Crippen molar-refractivity contribution in [3.63, 3.8) is 0 Å². The van der Waals surface area contributed by atoms with E-state index in [1.54, 1.807) is 18.9 Å². The molecule has 6 heteroatoms. The van der Waals surface area contributed by atoms with Crippen molar-refractivity contribution >= 4 is 23.3 Å². The molecule has 0 saturated carbocycles. The number of hydrogen-bond acceptors (Lipinski definition) is 5. The first-order valence-electron chi connectivity index (χ1n) is 6.38. The summed E-state index contributed by atoms with van der Waals surface area (Å²) < 4.78 is 10.0. The van der Waals surface area contributed by atoms with Crippen LogP contribution >= 0.6 is 0 Å². The van der Waals surface area contributed by atoms with Gasteiger partial charge < -0.3 is 19.7 Å². The third-order valence-electron chi connectivity index (χ3n) is 3.26. The Hall–Kier alpha value is -2.24. The van der Waals surface area contributed by atoms with Crippen LogP contribution in [0.25, 0.3) is 0 Å². The molecule has 1 atom stereocenters. The summed E-state index contributed by atoms with van der Waals surface area (Å²) in [6.07, 6.45) is 0. The highest BCUT2D eigenvalue weighted by atomic mass is 16.5. The largest absolute Gasteiger partial charge is 0.482 e. The minimum atomic E-state index is -0.258. The van der Waals surface area contributed by atoms with Crippen molar-refractivity contribution in [1.82, 2.24) is 0 Å². The maximum Gasteiger partial charge on any atom is 0.310 e. The van der Waals surface area contributed by atoms with Gasteiger partial charge in [-0.15, -0.1) is 0 Å². The molecule has 0 bridgehead atoms. The fourth-order valence-corrected chi connectivity index (χ4v) is 1.94. The van der Waals surface area contributed by atoms with E-state index < -0.39 is 0 Å². The second kappa shape index (κ2) is 5.81. The number of fused-ring (bicyclic) bond motifs is 1. The summed E-state index contributed by atoms with van der Waals surface area (Å²) in [5.74, 6) is 0.0916. The van der Waals surface area contributed by atoms with Crippen molar-refractivity contribution in [1.29, 1.82) is 0 Å². The Labute approximate surface area is 117 Å². The maximum atomic E-state index is 11.6. The first kappa shape index (κ1) is 14.2. The van der Waals surface area contributed by atoms with Gasteiger partial charge in [-0.2, -0.15) is 0 Å². The summed E-state index contributed by atoms with van der Waals surface area (Å²) >= 11 is 0. The Balaban J connectivity index is 2.07. The third kappa shape index (κ3) is 2.84. The van der Waals surface area contributed by atoms with Crippen LogP contribution in [0.2, 0.25) is 0 Å². The van der Waals surface area contributed by atoms with Gasteiger partial charge in [-0.05, 0) is 18.2 Å². The topological polar surface area (TPSA) is 67.9 Å². The molecule has 0 aliphatic carbocycles. The molecule has 0 aromatic heterocycles. The molecule has 1 aromatic carbocycles. The van der Waals surface area contributed by atoms with E-state index in [9.17, 15) is 9.59 Å². The highest BCUT2D eigenvalue weighted by Gasteiger charge is 2.22. The van der Waals surface area contributed by atoms with Crippen LogP contribution in [0, 0.1) is 5.92 Å². The van der Waals surface area contributed by atoms with E-state index in [4.69, 9.17) is 4.74 Å². The number of nitrogens with zero attached hydrogens (tertiary/aromatic N) is 1. The van der Waals surface area contributed by atoms with Crippen molar-refractivity contribution in [2.75, 3.05) is 37.5 Å². The summed E-state index contributed by atoms with van der Waals surface area (Å²) in [6, 6.07) is 5.49. The summed E-state index contributed by atoms with van der Waals surface area (Å²) in [5, 5.41) is 3.15. The van der Waals surface area contributed by atoms with Crippen LogP contribution in [-0.2, 0) is 14.3 Å². The Kier molecular flexibility index (Phi) is 4.12. The lowest BCUT2D eigenvalue weighted by Gasteiger charge is -2.26. The number of esters is 1. The van der Waals surface area contributed by atoms with Crippen molar-refractivity contribution in [2.45, 2.75) is 6.92 Å². The monoisotopic (exact) mass is 278 g/mol. The Bertz CT molecular complexity index is 530. The van der Waals surface area contributed by atoms with Crippen molar-refractivity contribution < 1.29 is 19.1 Å². The lowest BCUT2D eigenvalue weighted by molar-refractivity contribution is -0.144. The molecule has 1 heterocycles. The lowest BCUT2D eigenvalue weighted by atomic mass is 10.1. The van der Waals surface area contributed by atoms with Gasteiger partial charge in [0.2, 0.25) is 0 Å². The first-order chi connectivity index (χ1) is 9.52. The number of ether oxygens (including phenoxy) is 2. The summed E-state index contributed by atoms with van der Waals surface area (Å²) in [4.78, 5) is 24.5. The zero-order chi connectivity index (χ0) is 14.7. The zero-order valence-electron chi connectivity index (χ0n) is 11.8. The molecule has 1 aliphatic heterocycles. The van der Waals surface area contributed by atoms with E-state index in [0.29, 0.717) is 12.3 Å². The summed E-state index contributed by atoms with van der Waals surface area (Å²) in [6.45, 7) is 2.32. The van der Waals surface area contributed by atoms with Crippen LogP contribution in [0.5, 0.6) is 5.75 Å². The Morgan fingerprint density at radius 1 is 1.55 bits per heavy atom. The normalized spacial score (nSPS) is 15.2. The number of carbonyl (C=O) groups excluding carboxylic acids is 2. The maximum absolute atomic E-state index is 11.6. The van der Waals surface area contributed by atoms with E-state index in [-0.39, 0.29) is 24.4 Å². The number of anilines is 2. The van der Waals surface area contributed by atoms with Crippen LogP contribution in [0.15, 0.2) is 18.2 Å². The molecule has 1 N–H and O–H groups in total. The molecule has 108 valence electrons. The van der Waals surface area contributed by atoms with E-state index in [1.165, 1.54) is 7.11 Å². The number of amides is 1. The van der Waals surface area contributed by atoms with Gasteiger partial charge in [-0.1, -0.05) is 6.92 Å². The first-order valence-corrected chi connectivity index (χ1v) is 6.38. The van der Waals surface area contributed by atoms with Crippen LogP contribution in [0.1, 0.15) is 6.92 Å². The lowest BCUT2D eigenvalue weighted by Crippen LogP contribution is -2.35. The molecule has 1 aromatic rings. The molecule has 0 fully saturated rings. The minimum absolute atomic E-state index is 0.0651. The van der Waals surface area contributed by atoms with Crippen molar-refractivity contribution in [2.24, 2.45) is 5.92 Å². The highest BCUT2D eigenvalue weighted by Crippen LogP contribution is 2.33. The van der Waals surface area contributed by atoms with Gasteiger partial charge in [0.25, 0.3) is 5.91 Å². The number of carbonyl (C=O) groups is 2. The summed E-state index contributed by atoms with van der Waals surface area (Å²) in [7, 11) is 3.08. The Morgan fingerprint density at radius 2 is 2.30 bits per heavy atom. The van der Waals surface area contributed by atoms with E-state index >= 15 is 0 Å². The van der Waals surface area contributed by atoms with Crippen molar-refractivity contribution in [3.05, 3.63) is 18.2 Å². The quantitative estimate of drug-likeness (QED) is 0.840. The number of likely N-dealkylation sites (N-methyl/N-ethyl adjacent to an activating group) is 1. The number of hydrogen-bond donors (Lipinski definition) is 1. The number of methoxy groups -OCH3 is 1. The third-order valence-corrected chi connectivity index (χ3v) is 3.26. The van der Waals surface area contributed by atoms with Gasteiger partial charge in [0, 0.05) is 19.3 Å². The summed E-state index contributed by atoms with van der Waals surface area (Å²) in [5.41, 5.74) is 1.54. The molecule has 1 unspecified atom stereocenters. The van der Waals surface area contributed by atoms with E-state index in [2.05, 4.69) is 10.1 Å². The highest BCUT2D eigenvalue weighted by molar-refractivity contribution is 5.97. The van der Waals surface area contributed by atoms with Gasteiger partial charge in [0.05, 0.1) is 18.7 Å². The molecule has 1 aliphatic rings. The molecule has 1 amide bonds. The predicted octanol–water partition coefficient (Wildman–Crippen LogP) is 1.26. The van der Waals surface area contributed by atoms with Crippen LogP contribution in [0.4, 0.5) is 11.4 Å². The molecular formula is C14H18N2O4. The number of nitrogens with one attached hydrogen (secondary N) is 1. The molecule has 0 radical (unpaired) electrons. The second-order valence-corrected chi connectivity index (χ2v) is 4.73. The van der Waals surface area contributed by atoms with Crippen molar-refractivity contribution in [3.8, 4) is 5.75 Å². The predicted molar refractivity (Wildman–Crippen MR) is 75.0 cm³/mol. The fraction of sp³-hybridized carbons (Fsp3) is 0.429. The minimum Gasteiger partial charge on any atom is -0.482 e. The van der Waals surface area contributed by atoms with Crippen LogP contribution < -0.4 is 15.0 Å². The SMILES string of the molecule is COC(=O)C(C)CNc1ccc2c(c1)N(C)C(=O)CO2. The molecule has 6 nitrogen and oxygen atoms in total. The van der Waals surface area contributed by atoms with Gasteiger partial charge in [-0.3, -0.25) is 9.59 Å². The smallest absolute Gasteiger partial charge is 0.310 e. The van der Waals surface area contributed by atoms with Gasteiger partial charge >= 0.3 is 5.97 Å². The number of benzene rings is 1. The zero-order valence-corrected chi connectivity index (χ0v) is 11.8. The fourth-order valence-electron chi connectivity index (χ4n) is 1.94. The van der Waals surface area contributed by atoms with Crippen LogP contribution in [0.3, 0.4) is 0 Å². The average Bonchev–Trinajstić information content (AvgIpc) is 2.47. The molecule has 0 saturated heterocycles.